The van der Waals surface area contributed by atoms with Gasteiger partial charge in [0.05, 0.1) is 0 Å². The van der Waals surface area contributed by atoms with Crippen LogP contribution < -0.4 is 11.3 Å². The summed E-state index contributed by atoms with van der Waals surface area (Å²) in [6, 6.07) is 8.55. The van der Waals surface area contributed by atoms with Crippen molar-refractivity contribution in [2.45, 2.75) is 32.2 Å². The van der Waals surface area contributed by atoms with Crippen LogP contribution in [-0.4, -0.2) is 19.3 Å². The summed E-state index contributed by atoms with van der Waals surface area (Å²) in [6.45, 7) is 3.61. The van der Waals surface area contributed by atoms with Crippen molar-refractivity contribution in [1.82, 2.24) is 5.43 Å². The van der Waals surface area contributed by atoms with Gasteiger partial charge in [0.1, 0.15) is 0 Å². The van der Waals surface area contributed by atoms with E-state index >= 15 is 0 Å². The number of hydrogen-bond acceptors (Lipinski definition) is 3. The SMILES string of the molecule is CCOCCCC(Cc1ccccc1Br)NN. The molecule has 96 valence electrons. The topological polar surface area (TPSA) is 47.3 Å². The van der Waals surface area contributed by atoms with Gasteiger partial charge < -0.3 is 4.74 Å². The molecule has 0 spiro atoms. The van der Waals surface area contributed by atoms with E-state index in [0.717, 1.165) is 36.9 Å². The fourth-order valence-corrected chi connectivity index (χ4v) is 2.20. The van der Waals surface area contributed by atoms with Crippen molar-refractivity contribution in [3.63, 3.8) is 0 Å². The number of benzene rings is 1. The smallest absolute Gasteiger partial charge is 0.0466 e. The molecular weight excluding hydrogens is 280 g/mol. The highest BCUT2D eigenvalue weighted by Gasteiger charge is 2.09. The molecule has 1 aromatic carbocycles. The second-order valence-corrected chi connectivity index (χ2v) is 4.85. The molecule has 0 aliphatic rings. The third kappa shape index (κ3) is 5.64. The summed E-state index contributed by atoms with van der Waals surface area (Å²) >= 11 is 3.55. The van der Waals surface area contributed by atoms with E-state index in [1.54, 1.807) is 0 Å². The Balaban J connectivity index is 2.38. The number of nitrogens with one attached hydrogen (secondary N) is 1. The van der Waals surface area contributed by atoms with Gasteiger partial charge in [-0.1, -0.05) is 34.1 Å². The number of hydrazine groups is 1. The van der Waals surface area contributed by atoms with Gasteiger partial charge in [0.15, 0.2) is 0 Å². The first-order chi connectivity index (χ1) is 8.27. The molecule has 0 fully saturated rings. The van der Waals surface area contributed by atoms with E-state index in [0.29, 0.717) is 6.04 Å². The maximum absolute atomic E-state index is 5.58. The van der Waals surface area contributed by atoms with Gasteiger partial charge in [-0.2, -0.15) is 0 Å². The average Bonchev–Trinajstić information content (AvgIpc) is 2.35. The molecule has 0 aromatic heterocycles. The summed E-state index contributed by atoms with van der Waals surface area (Å²) in [4.78, 5) is 0. The van der Waals surface area contributed by atoms with Gasteiger partial charge in [-0.05, 0) is 37.8 Å². The van der Waals surface area contributed by atoms with E-state index in [-0.39, 0.29) is 0 Å². The molecule has 1 unspecified atom stereocenters. The van der Waals surface area contributed by atoms with Crippen LogP contribution in [0.15, 0.2) is 28.7 Å². The Morgan fingerprint density at radius 2 is 2.18 bits per heavy atom. The fourth-order valence-electron chi connectivity index (χ4n) is 1.75. The molecule has 0 heterocycles. The molecule has 3 nitrogen and oxygen atoms in total. The van der Waals surface area contributed by atoms with Crippen LogP contribution in [0.1, 0.15) is 25.3 Å². The lowest BCUT2D eigenvalue weighted by atomic mass is 10.0. The summed E-state index contributed by atoms with van der Waals surface area (Å²) < 4.78 is 6.47. The van der Waals surface area contributed by atoms with Crippen molar-refractivity contribution in [3.8, 4) is 0 Å². The molecule has 0 aliphatic heterocycles. The molecule has 17 heavy (non-hydrogen) atoms. The largest absolute Gasteiger partial charge is 0.382 e. The Kier molecular flexibility index (Phi) is 7.44. The normalized spacial score (nSPS) is 12.6. The Morgan fingerprint density at radius 3 is 2.82 bits per heavy atom. The zero-order valence-electron chi connectivity index (χ0n) is 10.3. The van der Waals surface area contributed by atoms with Gasteiger partial charge in [0.2, 0.25) is 0 Å². The molecule has 1 atom stereocenters. The molecule has 4 heteroatoms. The molecular formula is C13H21BrN2O. The van der Waals surface area contributed by atoms with E-state index in [1.807, 2.05) is 19.1 Å². The summed E-state index contributed by atoms with van der Waals surface area (Å²) in [5.74, 6) is 5.58. The summed E-state index contributed by atoms with van der Waals surface area (Å²) in [5.41, 5.74) is 4.16. The standard InChI is InChI=1S/C13H21BrN2O/c1-2-17-9-5-7-12(16-15)10-11-6-3-4-8-13(11)14/h3-4,6,8,12,16H,2,5,7,9-10,15H2,1H3. The van der Waals surface area contributed by atoms with Crippen LogP contribution in [0.3, 0.4) is 0 Å². The van der Waals surface area contributed by atoms with E-state index in [4.69, 9.17) is 10.6 Å². The monoisotopic (exact) mass is 300 g/mol. The number of halogens is 1. The summed E-state index contributed by atoms with van der Waals surface area (Å²) in [6.07, 6.45) is 3.00. The molecule has 0 bridgehead atoms. The number of ether oxygens (including phenoxy) is 1. The lowest BCUT2D eigenvalue weighted by Crippen LogP contribution is -2.37. The Bertz CT molecular complexity index is 320. The first kappa shape index (κ1) is 14.6. The maximum atomic E-state index is 5.58. The van der Waals surface area contributed by atoms with Crippen LogP contribution in [0.25, 0.3) is 0 Å². The molecule has 0 radical (unpaired) electrons. The van der Waals surface area contributed by atoms with Crippen molar-refractivity contribution >= 4 is 15.9 Å². The van der Waals surface area contributed by atoms with Crippen molar-refractivity contribution in [2.75, 3.05) is 13.2 Å². The van der Waals surface area contributed by atoms with Gasteiger partial charge in [0, 0.05) is 23.7 Å². The van der Waals surface area contributed by atoms with Crippen LogP contribution in [0, 0.1) is 0 Å². The van der Waals surface area contributed by atoms with Gasteiger partial charge in [-0.3, -0.25) is 11.3 Å². The third-order valence-electron chi connectivity index (χ3n) is 2.71. The zero-order valence-corrected chi connectivity index (χ0v) is 11.9. The molecule has 0 saturated carbocycles. The van der Waals surface area contributed by atoms with Gasteiger partial charge >= 0.3 is 0 Å². The number of nitrogens with two attached hydrogens (primary N) is 1. The second-order valence-electron chi connectivity index (χ2n) is 4.00. The minimum absolute atomic E-state index is 0.300. The second kappa shape index (κ2) is 8.64. The Hall–Kier alpha value is -0.420. The maximum Gasteiger partial charge on any atom is 0.0466 e. The van der Waals surface area contributed by atoms with Crippen molar-refractivity contribution in [3.05, 3.63) is 34.3 Å². The van der Waals surface area contributed by atoms with E-state index in [2.05, 4.69) is 33.5 Å². The molecule has 3 N–H and O–H groups in total. The van der Waals surface area contributed by atoms with E-state index in [1.165, 1.54) is 5.56 Å². The van der Waals surface area contributed by atoms with Crippen molar-refractivity contribution in [1.29, 1.82) is 0 Å². The minimum atomic E-state index is 0.300. The molecule has 0 saturated heterocycles. The summed E-state index contributed by atoms with van der Waals surface area (Å²) in [7, 11) is 0. The minimum Gasteiger partial charge on any atom is -0.382 e. The first-order valence-corrected chi connectivity index (χ1v) is 6.84. The first-order valence-electron chi connectivity index (χ1n) is 6.05. The molecule has 1 rings (SSSR count). The predicted octanol–water partition coefficient (Wildman–Crippen LogP) is 2.64. The van der Waals surface area contributed by atoms with Crippen LogP contribution in [0.4, 0.5) is 0 Å². The average molecular weight is 301 g/mol. The van der Waals surface area contributed by atoms with Crippen LogP contribution >= 0.6 is 15.9 Å². The van der Waals surface area contributed by atoms with Gasteiger partial charge in [-0.25, -0.2) is 0 Å². The van der Waals surface area contributed by atoms with Crippen LogP contribution in [0.2, 0.25) is 0 Å². The number of hydrogen-bond donors (Lipinski definition) is 2. The molecule has 0 aliphatic carbocycles. The van der Waals surface area contributed by atoms with Crippen LogP contribution in [-0.2, 0) is 11.2 Å². The van der Waals surface area contributed by atoms with Gasteiger partial charge in [-0.15, -0.1) is 0 Å². The Morgan fingerprint density at radius 1 is 1.41 bits per heavy atom. The van der Waals surface area contributed by atoms with Crippen LogP contribution in [0.5, 0.6) is 0 Å². The summed E-state index contributed by atoms with van der Waals surface area (Å²) in [5, 5.41) is 0. The molecule has 0 amide bonds. The van der Waals surface area contributed by atoms with E-state index in [9.17, 15) is 0 Å². The lowest BCUT2D eigenvalue weighted by molar-refractivity contribution is 0.140. The quantitative estimate of drug-likeness (QED) is 0.441. The van der Waals surface area contributed by atoms with E-state index < -0.39 is 0 Å². The zero-order chi connectivity index (χ0) is 12.5. The van der Waals surface area contributed by atoms with Gasteiger partial charge in [0.25, 0.3) is 0 Å². The number of rotatable bonds is 8. The van der Waals surface area contributed by atoms with Crippen molar-refractivity contribution < 1.29 is 4.74 Å². The highest BCUT2D eigenvalue weighted by atomic mass is 79.9. The predicted molar refractivity (Wildman–Crippen MR) is 74.7 cm³/mol. The highest BCUT2D eigenvalue weighted by molar-refractivity contribution is 9.10. The third-order valence-corrected chi connectivity index (χ3v) is 3.48. The lowest BCUT2D eigenvalue weighted by Gasteiger charge is -2.16. The highest BCUT2D eigenvalue weighted by Crippen LogP contribution is 2.18. The molecule has 1 aromatic rings. The van der Waals surface area contributed by atoms with Crippen molar-refractivity contribution in [2.24, 2.45) is 5.84 Å². The Labute approximate surface area is 112 Å². The fraction of sp³-hybridized carbons (Fsp3) is 0.538.